The smallest absolute Gasteiger partial charge is 0.260 e. The zero-order valence-corrected chi connectivity index (χ0v) is 9.84. The zero-order chi connectivity index (χ0) is 10.8. The summed E-state index contributed by atoms with van der Waals surface area (Å²) in [7, 11) is 0. The molecule has 1 aromatic carbocycles. The third-order valence-corrected chi connectivity index (χ3v) is 2.76. The van der Waals surface area contributed by atoms with Crippen LogP contribution < -0.4 is 5.56 Å². The Morgan fingerprint density at radius 3 is 2.53 bits per heavy atom. The van der Waals surface area contributed by atoms with Gasteiger partial charge < -0.3 is 4.98 Å². The molecular weight excluding hydrogens is 279 g/mol. The van der Waals surface area contributed by atoms with Crippen molar-refractivity contribution in [3.05, 3.63) is 50.6 Å². The molecule has 1 heterocycles. The number of rotatable bonds is 1. The Kier molecular flexibility index (Phi) is 2.88. The van der Waals surface area contributed by atoms with Crippen molar-refractivity contribution in [2.75, 3.05) is 0 Å². The number of H-pyrrole nitrogens is 1. The highest BCUT2D eigenvalue weighted by Gasteiger charge is 2.08. The van der Waals surface area contributed by atoms with Crippen molar-refractivity contribution in [3.63, 3.8) is 0 Å². The van der Waals surface area contributed by atoms with Crippen LogP contribution in [0.15, 0.2) is 39.9 Å². The first kappa shape index (κ1) is 10.4. The highest BCUT2D eigenvalue weighted by atomic mass is 79.9. The van der Waals surface area contributed by atoms with Gasteiger partial charge in [-0.15, -0.1) is 0 Å². The van der Waals surface area contributed by atoms with E-state index in [0.29, 0.717) is 5.56 Å². The fourth-order valence-electron chi connectivity index (χ4n) is 1.24. The number of hydrogen-bond donors (Lipinski definition) is 1. The molecule has 3 nitrogen and oxygen atoms in total. The summed E-state index contributed by atoms with van der Waals surface area (Å²) in [5, 5.41) is 0.209. The van der Waals surface area contributed by atoms with Crippen molar-refractivity contribution in [1.29, 1.82) is 0 Å². The van der Waals surface area contributed by atoms with Crippen LogP contribution in [0, 0.1) is 0 Å². The molecule has 0 aliphatic heterocycles. The standard InChI is InChI=1S/C10H6BrClN2O/c11-7-3-1-6(2-4-7)8-9(12)13-5-14-10(8)15/h1-5H,(H,13,14,15). The van der Waals surface area contributed by atoms with E-state index in [9.17, 15) is 4.79 Å². The first-order valence-electron chi connectivity index (χ1n) is 4.17. The summed E-state index contributed by atoms with van der Waals surface area (Å²) in [5.41, 5.74) is 0.904. The summed E-state index contributed by atoms with van der Waals surface area (Å²) in [6.45, 7) is 0. The molecule has 0 saturated heterocycles. The molecule has 2 rings (SSSR count). The molecule has 0 unspecified atom stereocenters. The lowest BCUT2D eigenvalue weighted by Crippen LogP contribution is -2.09. The predicted molar refractivity (Wildman–Crippen MR) is 63.0 cm³/mol. The number of hydrogen-bond acceptors (Lipinski definition) is 2. The first-order chi connectivity index (χ1) is 7.18. The minimum Gasteiger partial charge on any atom is -0.313 e. The van der Waals surface area contributed by atoms with Gasteiger partial charge in [0.1, 0.15) is 5.15 Å². The molecule has 0 bridgehead atoms. The van der Waals surface area contributed by atoms with Crippen molar-refractivity contribution >= 4 is 27.5 Å². The van der Waals surface area contributed by atoms with Crippen LogP contribution in [-0.4, -0.2) is 9.97 Å². The van der Waals surface area contributed by atoms with E-state index < -0.39 is 0 Å². The fraction of sp³-hybridized carbons (Fsp3) is 0. The molecule has 0 radical (unpaired) electrons. The first-order valence-corrected chi connectivity index (χ1v) is 5.34. The number of aromatic amines is 1. The monoisotopic (exact) mass is 284 g/mol. The van der Waals surface area contributed by atoms with E-state index in [1.54, 1.807) is 0 Å². The summed E-state index contributed by atoms with van der Waals surface area (Å²) < 4.78 is 0.947. The number of halogens is 2. The second kappa shape index (κ2) is 4.16. The Bertz CT molecular complexity index is 536. The van der Waals surface area contributed by atoms with Crippen molar-refractivity contribution < 1.29 is 0 Å². The van der Waals surface area contributed by atoms with E-state index >= 15 is 0 Å². The molecule has 0 spiro atoms. The van der Waals surface area contributed by atoms with Gasteiger partial charge >= 0.3 is 0 Å². The van der Waals surface area contributed by atoms with Crippen molar-refractivity contribution in [3.8, 4) is 11.1 Å². The van der Waals surface area contributed by atoms with Gasteiger partial charge in [0.2, 0.25) is 0 Å². The second-order valence-electron chi connectivity index (χ2n) is 2.90. The summed E-state index contributed by atoms with van der Waals surface area (Å²) in [4.78, 5) is 17.9. The van der Waals surface area contributed by atoms with Crippen molar-refractivity contribution in [2.24, 2.45) is 0 Å². The minimum atomic E-state index is -0.239. The lowest BCUT2D eigenvalue weighted by molar-refractivity contribution is 1.12. The van der Waals surface area contributed by atoms with Gasteiger partial charge in [-0.2, -0.15) is 0 Å². The maximum absolute atomic E-state index is 11.5. The second-order valence-corrected chi connectivity index (χ2v) is 4.18. The highest BCUT2D eigenvalue weighted by molar-refractivity contribution is 9.10. The van der Waals surface area contributed by atoms with Crippen LogP contribution in [0.3, 0.4) is 0 Å². The highest BCUT2D eigenvalue weighted by Crippen LogP contribution is 2.23. The largest absolute Gasteiger partial charge is 0.313 e. The third kappa shape index (κ3) is 2.11. The molecule has 0 saturated carbocycles. The summed E-state index contributed by atoms with van der Waals surface area (Å²) >= 11 is 9.18. The molecule has 0 amide bonds. The molecule has 2 aromatic rings. The number of benzene rings is 1. The number of aromatic nitrogens is 2. The number of nitrogens with zero attached hydrogens (tertiary/aromatic N) is 1. The summed E-state index contributed by atoms with van der Waals surface area (Å²) in [5.74, 6) is 0. The number of nitrogens with one attached hydrogen (secondary N) is 1. The molecule has 76 valence electrons. The molecular formula is C10H6BrClN2O. The Hall–Kier alpha value is -1.13. The lowest BCUT2D eigenvalue weighted by atomic mass is 10.1. The fourth-order valence-corrected chi connectivity index (χ4v) is 1.75. The van der Waals surface area contributed by atoms with E-state index in [1.807, 2.05) is 24.3 Å². The van der Waals surface area contributed by atoms with Crippen LogP contribution in [0.1, 0.15) is 0 Å². The van der Waals surface area contributed by atoms with Gasteiger partial charge in [-0.05, 0) is 17.7 Å². The Balaban J connectivity index is 2.64. The molecule has 15 heavy (non-hydrogen) atoms. The van der Waals surface area contributed by atoms with Crippen molar-refractivity contribution in [2.45, 2.75) is 0 Å². The molecule has 1 N–H and O–H groups in total. The van der Waals surface area contributed by atoms with E-state index in [4.69, 9.17) is 11.6 Å². The van der Waals surface area contributed by atoms with E-state index in [2.05, 4.69) is 25.9 Å². The van der Waals surface area contributed by atoms with Gasteiger partial charge in [-0.3, -0.25) is 4.79 Å². The van der Waals surface area contributed by atoms with Gasteiger partial charge in [0, 0.05) is 4.47 Å². The SMILES string of the molecule is O=c1[nH]cnc(Cl)c1-c1ccc(Br)cc1. The van der Waals surface area contributed by atoms with Crippen LogP contribution in [0.25, 0.3) is 11.1 Å². The molecule has 0 fully saturated rings. The molecule has 1 aromatic heterocycles. The quantitative estimate of drug-likeness (QED) is 0.819. The molecule has 0 aliphatic rings. The van der Waals surface area contributed by atoms with Crippen LogP contribution in [0.4, 0.5) is 0 Å². The molecule has 0 aliphatic carbocycles. The van der Waals surface area contributed by atoms with Gasteiger partial charge in [-0.1, -0.05) is 39.7 Å². The van der Waals surface area contributed by atoms with Crippen LogP contribution in [-0.2, 0) is 0 Å². The van der Waals surface area contributed by atoms with Crippen LogP contribution in [0.2, 0.25) is 5.15 Å². The van der Waals surface area contributed by atoms with Crippen LogP contribution >= 0.6 is 27.5 Å². The third-order valence-electron chi connectivity index (χ3n) is 1.94. The van der Waals surface area contributed by atoms with Crippen LogP contribution in [0.5, 0.6) is 0 Å². The molecule has 5 heteroatoms. The Labute approximate surface area is 99.3 Å². The lowest BCUT2D eigenvalue weighted by Gasteiger charge is -2.01. The van der Waals surface area contributed by atoms with E-state index in [0.717, 1.165) is 10.0 Å². The predicted octanol–water partition coefficient (Wildman–Crippen LogP) is 2.85. The van der Waals surface area contributed by atoms with Gasteiger partial charge in [0.25, 0.3) is 5.56 Å². The Morgan fingerprint density at radius 1 is 1.27 bits per heavy atom. The summed E-state index contributed by atoms with van der Waals surface area (Å²) in [6.07, 6.45) is 1.28. The average molecular weight is 286 g/mol. The molecule has 0 atom stereocenters. The van der Waals surface area contributed by atoms with E-state index in [-0.39, 0.29) is 10.7 Å². The average Bonchev–Trinajstić information content (AvgIpc) is 2.20. The van der Waals surface area contributed by atoms with Gasteiger partial charge in [0.05, 0.1) is 11.9 Å². The topological polar surface area (TPSA) is 45.8 Å². The zero-order valence-electron chi connectivity index (χ0n) is 7.50. The Morgan fingerprint density at radius 2 is 1.93 bits per heavy atom. The van der Waals surface area contributed by atoms with Gasteiger partial charge in [0.15, 0.2) is 0 Å². The maximum atomic E-state index is 11.5. The van der Waals surface area contributed by atoms with Gasteiger partial charge in [-0.25, -0.2) is 4.98 Å². The van der Waals surface area contributed by atoms with Crippen molar-refractivity contribution in [1.82, 2.24) is 9.97 Å². The minimum absolute atomic E-state index is 0.209. The summed E-state index contributed by atoms with van der Waals surface area (Å²) in [6, 6.07) is 7.31. The maximum Gasteiger partial charge on any atom is 0.260 e. The normalized spacial score (nSPS) is 10.3. The van der Waals surface area contributed by atoms with E-state index in [1.165, 1.54) is 6.33 Å².